The summed E-state index contributed by atoms with van der Waals surface area (Å²) in [5.74, 6) is 6.42. The number of rotatable bonds is 3. The number of fused-ring (bicyclic) bond motifs is 1. The van der Waals surface area contributed by atoms with Gasteiger partial charge in [0.05, 0.1) is 5.75 Å². The van der Waals surface area contributed by atoms with E-state index in [1.807, 2.05) is 32.2 Å². The summed E-state index contributed by atoms with van der Waals surface area (Å²) in [6.07, 6.45) is 3.57. The molecule has 0 radical (unpaired) electrons. The fraction of sp³-hybridized carbons (Fsp3) is 0.235. The van der Waals surface area contributed by atoms with Gasteiger partial charge in [0.25, 0.3) is 0 Å². The minimum Gasteiger partial charge on any atom is -0.280 e. The summed E-state index contributed by atoms with van der Waals surface area (Å²) < 4.78 is 3.31. The van der Waals surface area contributed by atoms with Gasteiger partial charge >= 0.3 is 5.56 Å². The summed E-state index contributed by atoms with van der Waals surface area (Å²) in [5.41, 5.74) is 3.20. The summed E-state index contributed by atoms with van der Waals surface area (Å²) in [4.78, 5) is 12.7. The Balaban J connectivity index is 2.09. The number of aryl methyl sites for hydroxylation is 2. The minimum atomic E-state index is -0.182. The van der Waals surface area contributed by atoms with E-state index in [9.17, 15) is 4.79 Å². The molecule has 0 aliphatic carbocycles. The second-order valence-corrected chi connectivity index (χ2v) is 6.15. The van der Waals surface area contributed by atoms with Crippen molar-refractivity contribution in [3.8, 4) is 17.5 Å². The molecule has 1 aromatic carbocycles. The van der Waals surface area contributed by atoms with E-state index in [1.165, 1.54) is 11.8 Å². The first-order valence-corrected chi connectivity index (χ1v) is 8.16. The zero-order valence-corrected chi connectivity index (χ0v) is 14.0. The number of thioether (sulfide) groups is 1. The summed E-state index contributed by atoms with van der Waals surface area (Å²) in [5, 5.41) is 8.80. The van der Waals surface area contributed by atoms with Gasteiger partial charge in [0, 0.05) is 18.1 Å². The van der Waals surface area contributed by atoms with E-state index in [0.717, 1.165) is 16.8 Å². The Bertz CT molecular complexity index is 971. The quantitative estimate of drug-likeness (QED) is 0.549. The van der Waals surface area contributed by atoms with Gasteiger partial charge in [-0.3, -0.25) is 13.8 Å². The lowest BCUT2D eigenvalue weighted by atomic mass is 10.1. The van der Waals surface area contributed by atoms with Crippen LogP contribution in [0, 0.1) is 25.7 Å². The molecule has 0 fully saturated rings. The van der Waals surface area contributed by atoms with Crippen molar-refractivity contribution in [2.24, 2.45) is 0 Å². The van der Waals surface area contributed by atoms with E-state index in [4.69, 9.17) is 0 Å². The Morgan fingerprint density at radius 3 is 2.57 bits per heavy atom. The molecule has 0 saturated carbocycles. The first-order chi connectivity index (χ1) is 11.1. The molecule has 23 heavy (non-hydrogen) atoms. The van der Waals surface area contributed by atoms with Gasteiger partial charge in [-0.1, -0.05) is 23.7 Å². The average molecular weight is 324 g/mol. The number of aromatic nitrogens is 4. The summed E-state index contributed by atoms with van der Waals surface area (Å²) in [6.45, 7) is 5.83. The molecule has 116 valence electrons. The van der Waals surface area contributed by atoms with Crippen LogP contribution in [0.3, 0.4) is 0 Å². The predicted molar refractivity (Wildman–Crippen MR) is 92.2 cm³/mol. The fourth-order valence-corrected chi connectivity index (χ4v) is 3.16. The van der Waals surface area contributed by atoms with Crippen molar-refractivity contribution in [3.63, 3.8) is 0 Å². The van der Waals surface area contributed by atoms with Crippen LogP contribution in [0.4, 0.5) is 0 Å². The fourth-order valence-electron chi connectivity index (χ4n) is 2.43. The number of hydrogen-bond acceptors (Lipinski definition) is 4. The van der Waals surface area contributed by atoms with Crippen molar-refractivity contribution in [2.75, 3.05) is 5.75 Å². The molecule has 0 atom stereocenters. The normalized spacial score (nSPS) is 10.6. The van der Waals surface area contributed by atoms with E-state index in [-0.39, 0.29) is 5.56 Å². The van der Waals surface area contributed by atoms with Gasteiger partial charge in [0.1, 0.15) is 0 Å². The number of hydrogen-bond donors (Lipinski definition) is 0. The lowest BCUT2D eigenvalue weighted by Gasteiger charge is -2.08. The molecule has 0 aliphatic rings. The van der Waals surface area contributed by atoms with E-state index in [1.54, 1.807) is 22.1 Å². The highest BCUT2D eigenvalue weighted by Gasteiger charge is 2.11. The second-order valence-electron chi connectivity index (χ2n) is 5.21. The van der Waals surface area contributed by atoms with Crippen molar-refractivity contribution in [1.82, 2.24) is 19.2 Å². The zero-order chi connectivity index (χ0) is 16.4. The average Bonchev–Trinajstić information content (AvgIpc) is 2.91. The van der Waals surface area contributed by atoms with E-state index < -0.39 is 0 Å². The van der Waals surface area contributed by atoms with Crippen molar-refractivity contribution >= 4 is 17.4 Å². The van der Waals surface area contributed by atoms with E-state index >= 15 is 0 Å². The van der Waals surface area contributed by atoms with Crippen LogP contribution in [-0.4, -0.2) is 24.9 Å². The number of benzene rings is 1. The minimum absolute atomic E-state index is 0.182. The largest absolute Gasteiger partial charge is 0.300 e. The standard InChI is InChI=1S/C17H16N4OS/c1-4-5-8-23-17-19-18-15-16(22)20(6-7-21(15)17)14-10-12(2)9-13(3)11-14/h6-7,9-11H,8H2,1-3H3. The lowest BCUT2D eigenvalue weighted by Crippen LogP contribution is -2.20. The molecular formula is C17H16N4OS. The lowest BCUT2D eigenvalue weighted by molar-refractivity contribution is 0.893. The molecule has 3 rings (SSSR count). The van der Waals surface area contributed by atoms with Crippen LogP contribution in [0.25, 0.3) is 11.3 Å². The van der Waals surface area contributed by atoms with Crippen LogP contribution >= 0.6 is 11.8 Å². The third kappa shape index (κ3) is 3.01. The maximum Gasteiger partial charge on any atom is 0.300 e. The zero-order valence-electron chi connectivity index (χ0n) is 13.2. The highest BCUT2D eigenvalue weighted by atomic mass is 32.2. The predicted octanol–water partition coefficient (Wildman–Crippen LogP) is 2.61. The molecule has 2 aromatic heterocycles. The second kappa shape index (κ2) is 6.31. The molecule has 6 heteroatoms. The molecule has 0 bridgehead atoms. The summed E-state index contributed by atoms with van der Waals surface area (Å²) in [7, 11) is 0. The van der Waals surface area contributed by atoms with Crippen LogP contribution in [0.2, 0.25) is 0 Å². The molecule has 0 spiro atoms. The Labute approximate surface area is 138 Å². The molecule has 0 amide bonds. The van der Waals surface area contributed by atoms with Gasteiger partial charge in [0.15, 0.2) is 5.16 Å². The summed E-state index contributed by atoms with van der Waals surface area (Å²) in [6, 6.07) is 6.04. The third-order valence-corrected chi connectivity index (χ3v) is 4.20. The van der Waals surface area contributed by atoms with Gasteiger partial charge < -0.3 is 0 Å². The van der Waals surface area contributed by atoms with Crippen molar-refractivity contribution in [1.29, 1.82) is 0 Å². The molecular weight excluding hydrogens is 308 g/mol. The molecule has 2 heterocycles. The Hall–Kier alpha value is -2.52. The first kappa shape index (κ1) is 15.4. The third-order valence-electron chi connectivity index (χ3n) is 3.37. The van der Waals surface area contributed by atoms with Gasteiger partial charge in [-0.2, -0.15) is 0 Å². The molecule has 5 nitrogen and oxygen atoms in total. The molecule has 0 saturated heterocycles. The smallest absolute Gasteiger partial charge is 0.280 e. The van der Waals surface area contributed by atoms with Crippen LogP contribution < -0.4 is 5.56 Å². The molecule has 0 unspecified atom stereocenters. The van der Waals surface area contributed by atoms with Crippen molar-refractivity contribution < 1.29 is 0 Å². The number of nitrogens with zero attached hydrogens (tertiary/aromatic N) is 4. The molecule has 0 aliphatic heterocycles. The van der Waals surface area contributed by atoms with Crippen molar-refractivity contribution in [2.45, 2.75) is 25.9 Å². The highest BCUT2D eigenvalue weighted by Crippen LogP contribution is 2.16. The first-order valence-electron chi connectivity index (χ1n) is 7.17. The van der Waals surface area contributed by atoms with Gasteiger partial charge in [-0.15, -0.1) is 16.1 Å². The molecule has 3 aromatic rings. The maximum atomic E-state index is 12.7. The van der Waals surface area contributed by atoms with E-state index in [0.29, 0.717) is 16.6 Å². The van der Waals surface area contributed by atoms with Gasteiger partial charge in [-0.05, 0) is 44.0 Å². The Morgan fingerprint density at radius 1 is 1.13 bits per heavy atom. The van der Waals surface area contributed by atoms with Crippen LogP contribution in [0.1, 0.15) is 18.1 Å². The Morgan fingerprint density at radius 2 is 1.87 bits per heavy atom. The SMILES string of the molecule is CC#CCSc1nnc2c(=O)n(-c3cc(C)cc(C)c3)ccn12. The highest BCUT2D eigenvalue weighted by molar-refractivity contribution is 7.99. The monoisotopic (exact) mass is 324 g/mol. The van der Waals surface area contributed by atoms with Gasteiger partial charge in [-0.25, -0.2) is 0 Å². The molecule has 0 N–H and O–H groups in total. The van der Waals surface area contributed by atoms with Crippen LogP contribution in [0.5, 0.6) is 0 Å². The summed E-state index contributed by atoms with van der Waals surface area (Å²) >= 11 is 1.46. The van der Waals surface area contributed by atoms with E-state index in [2.05, 4.69) is 28.1 Å². The maximum absolute atomic E-state index is 12.7. The van der Waals surface area contributed by atoms with Gasteiger partial charge in [0.2, 0.25) is 5.65 Å². The Kier molecular flexibility index (Phi) is 4.22. The van der Waals surface area contributed by atoms with Crippen LogP contribution in [0.15, 0.2) is 40.5 Å². The topological polar surface area (TPSA) is 52.2 Å². The van der Waals surface area contributed by atoms with Crippen LogP contribution in [-0.2, 0) is 0 Å². The van der Waals surface area contributed by atoms with Crippen molar-refractivity contribution in [3.05, 3.63) is 52.1 Å².